The molecular weight excluding hydrogens is 426 g/mol. The van der Waals surface area contributed by atoms with Crippen molar-refractivity contribution in [2.75, 3.05) is 0 Å². The van der Waals surface area contributed by atoms with Gasteiger partial charge in [-0.25, -0.2) is 14.6 Å². The molecule has 1 aliphatic rings. The van der Waals surface area contributed by atoms with Gasteiger partial charge in [-0.1, -0.05) is 24.1 Å². The summed E-state index contributed by atoms with van der Waals surface area (Å²) < 4.78 is 7.95. The molecule has 0 spiro atoms. The van der Waals surface area contributed by atoms with Crippen LogP contribution < -0.4 is 10.1 Å². The second-order valence-corrected chi connectivity index (χ2v) is 8.35. The molecule has 7 heteroatoms. The Bertz CT molecular complexity index is 1340. The first kappa shape index (κ1) is 21.7. The Labute approximate surface area is 198 Å². The van der Waals surface area contributed by atoms with Crippen LogP contribution in [0.15, 0.2) is 67.1 Å². The number of hydrogen-bond donors (Lipinski definition) is 1. The zero-order valence-electron chi connectivity index (χ0n) is 18.9. The topological polar surface area (TPSA) is 81.9 Å². The molecule has 0 aliphatic heterocycles. The molecule has 1 aliphatic carbocycles. The van der Waals surface area contributed by atoms with Crippen molar-refractivity contribution < 1.29 is 9.53 Å². The summed E-state index contributed by atoms with van der Waals surface area (Å²) in [6, 6.07) is 18.0. The van der Waals surface area contributed by atoms with E-state index in [1.807, 2.05) is 65.5 Å². The first-order valence-electron chi connectivity index (χ1n) is 11.5. The van der Waals surface area contributed by atoms with Crippen LogP contribution in [0, 0.1) is 11.8 Å². The third-order valence-corrected chi connectivity index (χ3v) is 6.09. The normalized spacial score (nSPS) is 17.6. The van der Waals surface area contributed by atoms with Crippen molar-refractivity contribution in [2.45, 2.75) is 44.7 Å². The van der Waals surface area contributed by atoms with E-state index in [1.165, 1.54) is 0 Å². The van der Waals surface area contributed by atoms with Crippen molar-refractivity contribution in [1.29, 1.82) is 0 Å². The molecule has 2 aromatic heterocycles. The van der Waals surface area contributed by atoms with Gasteiger partial charge < -0.3 is 10.1 Å². The summed E-state index contributed by atoms with van der Waals surface area (Å²) in [6.07, 6.45) is 6.98. The third-order valence-electron chi connectivity index (χ3n) is 6.09. The number of aromatic nitrogens is 4. The summed E-state index contributed by atoms with van der Waals surface area (Å²) in [4.78, 5) is 20.6. The van der Waals surface area contributed by atoms with Crippen molar-refractivity contribution >= 4 is 16.9 Å². The number of rotatable bonds is 5. The summed E-state index contributed by atoms with van der Waals surface area (Å²) in [5, 5.41) is 8.90. The van der Waals surface area contributed by atoms with Gasteiger partial charge in [0.25, 0.3) is 5.91 Å². The van der Waals surface area contributed by atoms with Crippen molar-refractivity contribution in [1.82, 2.24) is 25.1 Å². The predicted octanol–water partition coefficient (Wildman–Crippen LogP) is 4.91. The van der Waals surface area contributed by atoms with Crippen molar-refractivity contribution in [2.24, 2.45) is 0 Å². The number of amides is 1. The molecule has 0 atom stereocenters. The van der Waals surface area contributed by atoms with Crippen LogP contribution in [0.1, 0.15) is 38.6 Å². The lowest BCUT2D eigenvalue weighted by Crippen LogP contribution is -2.37. The van der Waals surface area contributed by atoms with Gasteiger partial charge >= 0.3 is 0 Å². The van der Waals surface area contributed by atoms with Gasteiger partial charge in [0.05, 0.1) is 11.4 Å². The van der Waals surface area contributed by atoms with Crippen molar-refractivity contribution in [3.8, 4) is 34.6 Å². The van der Waals surface area contributed by atoms with Gasteiger partial charge in [0, 0.05) is 17.8 Å². The molecule has 170 valence electrons. The maximum Gasteiger partial charge on any atom is 0.296 e. The van der Waals surface area contributed by atoms with E-state index in [0.717, 1.165) is 59.5 Å². The number of fused-ring (bicyclic) bond motifs is 1. The van der Waals surface area contributed by atoms with E-state index >= 15 is 0 Å². The van der Waals surface area contributed by atoms with Crippen LogP contribution in [0.2, 0.25) is 0 Å². The zero-order valence-corrected chi connectivity index (χ0v) is 18.9. The molecule has 4 aromatic rings. The molecule has 5 rings (SSSR count). The Balaban J connectivity index is 1.36. The molecule has 1 saturated carbocycles. The Kier molecular flexibility index (Phi) is 6.21. The van der Waals surface area contributed by atoms with Gasteiger partial charge in [-0.05, 0) is 74.9 Å². The highest BCUT2D eigenvalue weighted by atomic mass is 16.5. The number of carbonyl (C=O) groups is 1. The lowest BCUT2D eigenvalue weighted by atomic mass is 9.91. The number of nitrogens with one attached hydrogen (secondary N) is 1. The van der Waals surface area contributed by atoms with Crippen LogP contribution >= 0.6 is 0 Å². The van der Waals surface area contributed by atoms with Gasteiger partial charge in [-0.2, -0.15) is 5.10 Å². The SMILES string of the molecule is CC#CC(=O)N[C@H]1CC[C@H](n2nc(-c3ccc(Oc4ccccc4)cc3)c3cncnc32)CC1. The van der Waals surface area contributed by atoms with Crippen LogP contribution in [0.4, 0.5) is 0 Å². The van der Waals surface area contributed by atoms with E-state index in [4.69, 9.17) is 9.84 Å². The van der Waals surface area contributed by atoms with E-state index in [2.05, 4.69) is 27.1 Å². The van der Waals surface area contributed by atoms with E-state index in [1.54, 1.807) is 13.3 Å². The van der Waals surface area contributed by atoms with Crippen LogP contribution in [-0.4, -0.2) is 31.7 Å². The summed E-state index contributed by atoms with van der Waals surface area (Å²) in [5.41, 5.74) is 2.67. The quantitative estimate of drug-likeness (QED) is 0.436. The van der Waals surface area contributed by atoms with Crippen molar-refractivity contribution in [3.63, 3.8) is 0 Å². The fourth-order valence-electron chi connectivity index (χ4n) is 4.45. The second kappa shape index (κ2) is 9.75. The minimum Gasteiger partial charge on any atom is -0.457 e. The second-order valence-electron chi connectivity index (χ2n) is 8.35. The van der Waals surface area contributed by atoms with Gasteiger partial charge in [0.2, 0.25) is 0 Å². The Morgan fingerprint density at radius 1 is 1.03 bits per heavy atom. The largest absolute Gasteiger partial charge is 0.457 e. The van der Waals surface area contributed by atoms with Crippen LogP contribution in [0.25, 0.3) is 22.3 Å². The Morgan fingerprint density at radius 2 is 1.76 bits per heavy atom. The maximum atomic E-state index is 11.8. The van der Waals surface area contributed by atoms with Crippen molar-refractivity contribution in [3.05, 3.63) is 67.1 Å². The average molecular weight is 452 g/mol. The number of benzene rings is 2. The number of carbonyl (C=O) groups excluding carboxylic acids is 1. The highest BCUT2D eigenvalue weighted by Crippen LogP contribution is 2.34. The summed E-state index contributed by atoms with van der Waals surface area (Å²) in [5.74, 6) is 6.56. The molecule has 2 aromatic carbocycles. The Morgan fingerprint density at radius 3 is 2.50 bits per heavy atom. The fourth-order valence-corrected chi connectivity index (χ4v) is 4.45. The maximum absolute atomic E-state index is 11.8. The standard InChI is InChI=1S/C27H25N5O2/c1-2-6-25(33)30-20-11-13-21(14-12-20)32-27-24(17-28-18-29-27)26(31-32)19-9-15-23(16-10-19)34-22-7-4-3-5-8-22/h3-5,7-10,15-18,20-21H,11-14H2,1H3,(H,30,33)/t20-,21-. The van der Waals surface area contributed by atoms with E-state index < -0.39 is 0 Å². The zero-order chi connectivity index (χ0) is 23.3. The fraction of sp³-hybridized carbons (Fsp3) is 0.259. The molecule has 1 N–H and O–H groups in total. The lowest BCUT2D eigenvalue weighted by molar-refractivity contribution is -0.116. The van der Waals surface area contributed by atoms with Crippen LogP contribution in [0.3, 0.4) is 0 Å². The Hall–Kier alpha value is -4.18. The smallest absolute Gasteiger partial charge is 0.296 e. The van der Waals surface area contributed by atoms with Gasteiger partial charge in [0.15, 0.2) is 5.65 Å². The monoisotopic (exact) mass is 451 g/mol. The average Bonchev–Trinajstić information content (AvgIpc) is 3.26. The van der Waals surface area contributed by atoms with Gasteiger partial charge in [-0.3, -0.25) is 4.79 Å². The first-order valence-corrected chi connectivity index (χ1v) is 11.5. The molecule has 0 bridgehead atoms. The minimum absolute atomic E-state index is 0.151. The number of hydrogen-bond acceptors (Lipinski definition) is 5. The molecule has 34 heavy (non-hydrogen) atoms. The van der Waals surface area contributed by atoms with Gasteiger partial charge in [-0.15, -0.1) is 0 Å². The summed E-state index contributed by atoms with van der Waals surface area (Å²) in [6.45, 7) is 1.67. The number of nitrogens with zero attached hydrogens (tertiary/aromatic N) is 4. The van der Waals surface area contributed by atoms with E-state index in [0.29, 0.717) is 0 Å². The highest BCUT2D eigenvalue weighted by molar-refractivity contribution is 5.93. The summed E-state index contributed by atoms with van der Waals surface area (Å²) >= 11 is 0. The minimum atomic E-state index is -0.204. The molecule has 0 radical (unpaired) electrons. The molecule has 1 amide bonds. The van der Waals surface area contributed by atoms with Crippen LogP contribution in [0.5, 0.6) is 11.5 Å². The first-order chi connectivity index (χ1) is 16.7. The molecule has 7 nitrogen and oxygen atoms in total. The molecule has 1 fully saturated rings. The number of para-hydroxylation sites is 1. The predicted molar refractivity (Wildman–Crippen MR) is 130 cm³/mol. The lowest BCUT2D eigenvalue weighted by Gasteiger charge is -2.28. The summed E-state index contributed by atoms with van der Waals surface area (Å²) in [7, 11) is 0. The molecule has 2 heterocycles. The number of ether oxygens (including phenoxy) is 1. The molecular formula is C27H25N5O2. The van der Waals surface area contributed by atoms with Crippen LogP contribution in [-0.2, 0) is 4.79 Å². The molecule has 0 unspecified atom stereocenters. The van der Waals surface area contributed by atoms with Gasteiger partial charge in [0.1, 0.15) is 23.5 Å². The van der Waals surface area contributed by atoms with E-state index in [9.17, 15) is 4.79 Å². The molecule has 0 saturated heterocycles. The third kappa shape index (κ3) is 4.62. The highest BCUT2D eigenvalue weighted by Gasteiger charge is 2.26. The van der Waals surface area contributed by atoms with E-state index in [-0.39, 0.29) is 18.0 Å².